The summed E-state index contributed by atoms with van der Waals surface area (Å²) >= 11 is 0. The smallest absolute Gasteiger partial charge is 0.262 e. The minimum absolute atomic E-state index is 0.174. The van der Waals surface area contributed by atoms with Crippen LogP contribution in [0.15, 0.2) is 78.9 Å². The van der Waals surface area contributed by atoms with Gasteiger partial charge in [-0.2, -0.15) is 0 Å². The number of hydrogen-bond acceptors (Lipinski definition) is 6. The first-order valence-corrected chi connectivity index (χ1v) is 9.96. The normalized spacial score (nSPS) is 22.8. The number of phenolic OH excluding ortho intramolecular Hbond substituents is 2. The Morgan fingerprint density at radius 2 is 1.48 bits per heavy atom. The van der Waals surface area contributed by atoms with Gasteiger partial charge in [0.25, 0.3) is 5.91 Å². The van der Waals surface area contributed by atoms with E-state index in [0.717, 1.165) is 5.56 Å². The molecule has 2 saturated heterocycles. The van der Waals surface area contributed by atoms with E-state index in [0.29, 0.717) is 11.3 Å². The van der Waals surface area contributed by atoms with E-state index < -0.39 is 18.1 Å². The van der Waals surface area contributed by atoms with Gasteiger partial charge in [0, 0.05) is 0 Å². The highest BCUT2D eigenvalue weighted by Crippen LogP contribution is 2.47. The van der Waals surface area contributed by atoms with Gasteiger partial charge in [0.2, 0.25) is 5.91 Å². The standard InChI is InChI=1S/C24H20N2O5/c27-18-12-11-16(13-19(18)28)21-20-22(31-26(21)17-9-5-2-6-10-17)24(30)25(23(20)29)14-15-7-3-1-4-8-15/h1-13,20-22,27-28H,14H2/t20-,21-,22+/m0/s1. The zero-order valence-corrected chi connectivity index (χ0v) is 16.5. The fourth-order valence-corrected chi connectivity index (χ4v) is 4.26. The maximum Gasteiger partial charge on any atom is 0.262 e. The van der Waals surface area contributed by atoms with E-state index in [1.54, 1.807) is 11.1 Å². The summed E-state index contributed by atoms with van der Waals surface area (Å²) in [6, 6.07) is 22.2. The number of imide groups is 1. The van der Waals surface area contributed by atoms with E-state index in [1.807, 2.05) is 60.7 Å². The number of anilines is 1. The minimum atomic E-state index is -0.961. The van der Waals surface area contributed by atoms with Crippen molar-refractivity contribution in [2.75, 3.05) is 5.06 Å². The number of hydroxylamine groups is 1. The highest BCUT2D eigenvalue weighted by molar-refractivity contribution is 6.07. The average molecular weight is 416 g/mol. The number of nitrogens with zero attached hydrogens (tertiary/aromatic N) is 2. The average Bonchev–Trinajstić information content (AvgIpc) is 3.29. The molecule has 0 aromatic heterocycles. The largest absolute Gasteiger partial charge is 0.504 e. The summed E-state index contributed by atoms with van der Waals surface area (Å²) in [6.45, 7) is 0.174. The monoisotopic (exact) mass is 416 g/mol. The van der Waals surface area contributed by atoms with Gasteiger partial charge in [-0.05, 0) is 35.4 Å². The lowest BCUT2D eigenvalue weighted by atomic mass is 9.90. The Morgan fingerprint density at radius 3 is 2.16 bits per heavy atom. The molecule has 3 aromatic carbocycles. The maximum absolute atomic E-state index is 13.4. The van der Waals surface area contributed by atoms with Gasteiger partial charge in [0.05, 0.1) is 18.3 Å². The number of benzene rings is 3. The van der Waals surface area contributed by atoms with Gasteiger partial charge in [-0.25, -0.2) is 5.06 Å². The van der Waals surface area contributed by atoms with Crippen molar-refractivity contribution in [2.24, 2.45) is 5.92 Å². The van der Waals surface area contributed by atoms with Crippen LogP contribution in [0.2, 0.25) is 0 Å². The molecule has 2 aliphatic rings. The van der Waals surface area contributed by atoms with Crippen molar-refractivity contribution < 1.29 is 24.6 Å². The Balaban J connectivity index is 1.54. The van der Waals surface area contributed by atoms with Crippen LogP contribution in [0.25, 0.3) is 0 Å². The van der Waals surface area contributed by atoms with Gasteiger partial charge in [-0.1, -0.05) is 54.6 Å². The number of rotatable bonds is 4. The predicted octanol–water partition coefficient (Wildman–Crippen LogP) is 3.14. The number of phenols is 2. The topological polar surface area (TPSA) is 90.3 Å². The van der Waals surface area contributed by atoms with Crippen LogP contribution in [0, 0.1) is 5.92 Å². The Bertz CT molecular complexity index is 1140. The molecular formula is C24H20N2O5. The highest BCUT2D eigenvalue weighted by Gasteiger charge is 2.59. The molecule has 3 atom stereocenters. The zero-order chi connectivity index (χ0) is 21.5. The van der Waals surface area contributed by atoms with E-state index in [1.165, 1.54) is 17.0 Å². The summed E-state index contributed by atoms with van der Waals surface area (Å²) in [4.78, 5) is 33.8. The highest BCUT2D eigenvalue weighted by atomic mass is 16.7. The van der Waals surface area contributed by atoms with Gasteiger partial charge < -0.3 is 10.2 Å². The first kappa shape index (κ1) is 19.1. The Labute approximate surface area is 178 Å². The SMILES string of the molecule is O=C1[C@@H]2[C@@H](ON(c3ccccc3)[C@H]2c2ccc(O)c(O)c2)C(=O)N1Cc1ccccc1. The summed E-state index contributed by atoms with van der Waals surface area (Å²) in [5.41, 5.74) is 2.10. The van der Waals surface area contributed by atoms with Crippen molar-refractivity contribution in [1.29, 1.82) is 0 Å². The van der Waals surface area contributed by atoms with Crippen molar-refractivity contribution in [3.63, 3.8) is 0 Å². The van der Waals surface area contributed by atoms with Crippen LogP contribution in [0.5, 0.6) is 11.5 Å². The van der Waals surface area contributed by atoms with Crippen LogP contribution in [0.1, 0.15) is 17.2 Å². The van der Waals surface area contributed by atoms with Crippen molar-refractivity contribution in [1.82, 2.24) is 4.90 Å². The molecule has 31 heavy (non-hydrogen) atoms. The number of carbonyl (C=O) groups excluding carboxylic acids is 2. The van der Waals surface area contributed by atoms with Crippen molar-refractivity contribution in [3.05, 3.63) is 90.0 Å². The maximum atomic E-state index is 13.4. The fourth-order valence-electron chi connectivity index (χ4n) is 4.26. The van der Waals surface area contributed by atoms with Gasteiger partial charge in [-0.3, -0.25) is 19.3 Å². The van der Waals surface area contributed by atoms with E-state index in [2.05, 4.69) is 0 Å². The zero-order valence-electron chi connectivity index (χ0n) is 16.5. The minimum Gasteiger partial charge on any atom is -0.504 e. The van der Waals surface area contributed by atoms with Gasteiger partial charge in [0.15, 0.2) is 17.6 Å². The lowest BCUT2D eigenvalue weighted by Gasteiger charge is -2.28. The number of fused-ring (bicyclic) bond motifs is 1. The van der Waals surface area contributed by atoms with Crippen LogP contribution >= 0.6 is 0 Å². The number of likely N-dealkylation sites (tertiary alicyclic amines) is 1. The van der Waals surface area contributed by atoms with E-state index in [9.17, 15) is 19.8 Å². The molecule has 0 unspecified atom stereocenters. The molecule has 0 aliphatic carbocycles. The van der Waals surface area contributed by atoms with E-state index in [-0.39, 0.29) is 29.9 Å². The summed E-state index contributed by atoms with van der Waals surface area (Å²) in [5.74, 6) is -2.04. The Kier molecular flexibility index (Phi) is 4.60. The molecule has 156 valence electrons. The molecular weight excluding hydrogens is 396 g/mol. The molecule has 3 aromatic rings. The summed E-state index contributed by atoms with van der Waals surface area (Å²) in [5, 5.41) is 21.3. The first-order chi connectivity index (χ1) is 15.0. The third-order valence-corrected chi connectivity index (χ3v) is 5.74. The van der Waals surface area contributed by atoms with E-state index >= 15 is 0 Å². The third kappa shape index (κ3) is 3.19. The van der Waals surface area contributed by atoms with Crippen LogP contribution in [0.3, 0.4) is 0 Å². The summed E-state index contributed by atoms with van der Waals surface area (Å²) in [6.07, 6.45) is -0.961. The molecule has 2 N–H and O–H groups in total. The molecule has 2 fully saturated rings. The van der Waals surface area contributed by atoms with Crippen molar-refractivity contribution in [2.45, 2.75) is 18.7 Å². The molecule has 5 rings (SSSR count). The van der Waals surface area contributed by atoms with Crippen LogP contribution in [0.4, 0.5) is 5.69 Å². The molecule has 7 nitrogen and oxygen atoms in total. The van der Waals surface area contributed by atoms with Gasteiger partial charge in [-0.15, -0.1) is 0 Å². The number of aromatic hydroxyl groups is 2. The number of carbonyl (C=O) groups is 2. The second-order valence-corrected chi connectivity index (χ2v) is 7.65. The third-order valence-electron chi connectivity index (χ3n) is 5.74. The molecule has 2 aliphatic heterocycles. The second kappa shape index (κ2) is 7.45. The molecule has 0 radical (unpaired) electrons. The van der Waals surface area contributed by atoms with Crippen LogP contribution in [-0.4, -0.2) is 33.0 Å². The van der Waals surface area contributed by atoms with E-state index in [4.69, 9.17) is 4.84 Å². The molecule has 7 heteroatoms. The van der Waals surface area contributed by atoms with Gasteiger partial charge >= 0.3 is 0 Å². The second-order valence-electron chi connectivity index (χ2n) is 7.65. The predicted molar refractivity (Wildman–Crippen MR) is 112 cm³/mol. The number of para-hydroxylation sites is 1. The Morgan fingerprint density at radius 1 is 0.806 bits per heavy atom. The lowest BCUT2D eigenvalue weighted by molar-refractivity contribution is -0.143. The fraction of sp³-hybridized carbons (Fsp3) is 0.167. The van der Waals surface area contributed by atoms with Crippen LogP contribution < -0.4 is 5.06 Å². The molecule has 0 spiro atoms. The number of amides is 2. The molecule has 2 amide bonds. The first-order valence-electron chi connectivity index (χ1n) is 9.96. The van der Waals surface area contributed by atoms with Crippen LogP contribution in [-0.2, 0) is 21.0 Å². The summed E-state index contributed by atoms with van der Waals surface area (Å²) < 4.78 is 0. The van der Waals surface area contributed by atoms with Crippen molar-refractivity contribution >= 4 is 17.5 Å². The molecule has 0 bridgehead atoms. The molecule has 2 heterocycles. The van der Waals surface area contributed by atoms with Crippen molar-refractivity contribution in [3.8, 4) is 11.5 Å². The number of hydrogen-bond donors (Lipinski definition) is 2. The Hall–Kier alpha value is -3.84. The summed E-state index contributed by atoms with van der Waals surface area (Å²) in [7, 11) is 0. The lowest BCUT2D eigenvalue weighted by Crippen LogP contribution is -2.36. The quantitative estimate of drug-likeness (QED) is 0.502. The molecule has 0 saturated carbocycles. The van der Waals surface area contributed by atoms with Gasteiger partial charge in [0.1, 0.15) is 5.92 Å².